The molecule has 2 unspecified atom stereocenters. The monoisotopic (exact) mass is 362 g/mol. The lowest BCUT2D eigenvalue weighted by atomic mass is 9.65. The van der Waals surface area contributed by atoms with Crippen molar-refractivity contribution in [2.75, 3.05) is 24.5 Å². The van der Waals surface area contributed by atoms with E-state index in [4.69, 9.17) is 0 Å². The third-order valence-electron chi connectivity index (χ3n) is 6.28. The first-order chi connectivity index (χ1) is 11.7. The fourth-order valence-corrected chi connectivity index (χ4v) is 7.40. The van der Waals surface area contributed by atoms with E-state index in [1.165, 1.54) is 12.8 Å². The van der Waals surface area contributed by atoms with Gasteiger partial charge in [0.2, 0.25) is 10.0 Å². The first kappa shape index (κ1) is 17.3. The van der Waals surface area contributed by atoms with Crippen LogP contribution in [0.4, 0.5) is 5.69 Å². The highest BCUT2D eigenvalue weighted by Crippen LogP contribution is 2.53. The van der Waals surface area contributed by atoms with Gasteiger partial charge in [0.05, 0.1) is 4.90 Å². The summed E-state index contributed by atoms with van der Waals surface area (Å²) in [7, 11) is -3.41. The van der Waals surface area contributed by atoms with Crippen molar-refractivity contribution < 1.29 is 8.42 Å². The third kappa shape index (κ3) is 3.10. The van der Waals surface area contributed by atoms with E-state index in [0.717, 1.165) is 38.0 Å². The molecule has 4 nitrogen and oxygen atoms in total. The molecule has 2 atom stereocenters. The Morgan fingerprint density at radius 2 is 1.64 bits per heavy atom. The van der Waals surface area contributed by atoms with Gasteiger partial charge in [-0.25, -0.2) is 8.42 Å². The molecule has 1 aromatic carbocycles. The molecular weight excluding hydrogens is 332 g/mol. The fraction of sp³-hybridized carbons (Fsp3) is 0.700. The van der Waals surface area contributed by atoms with Crippen molar-refractivity contribution in [3.63, 3.8) is 0 Å². The van der Waals surface area contributed by atoms with E-state index in [-0.39, 0.29) is 16.9 Å². The number of fused-ring (bicyclic) bond motifs is 2. The Bertz CT molecular complexity index is 750. The Balaban J connectivity index is 1.59. The average Bonchev–Trinajstić information content (AvgIpc) is 3.13. The Morgan fingerprint density at radius 3 is 2.28 bits per heavy atom. The smallest absolute Gasteiger partial charge is 0.243 e. The quantitative estimate of drug-likeness (QED) is 0.819. The van der Waals surface area contributed by atoms with Crippen LogP contribution in [-0.4, -0.2) is 38.4 Å². The van der Waals surface area contributed by atoms with Crippen LogP contribution in [0.25, 0.3) is 0 Å². The second kappa shape index (κ2) is 5.71. The molecule has 0 radical (unpaired) electrons. The first-order valence-corrected chi connectivity index (χ1v) is 11.0. The van der Waals surface area contributed by atoms with Gasteiger partial charge in [0.25, 0.3) is 0 Å². The molecule has 4 rings (SSSR count). The van der Waals surface area contributed by atoms with E-state index in [1.807, 2.05) is 12.1 Å². The zero-order valence-corrected chi connectivity index (χ0v) is 16.5. The molecule has 1 aromatic rings. The van der Waals surface area contributed by atoms with Gasteiger partial charge < -0.3 is 4.90 Å². The topological polar surface area (TPSA) is 40.6 Å². The van der Waals surface area contributed by atoms with Crippen molar-refractivity contribution >= 4 is 15.7 Å². The molecular formula is C20H30N2O2S. The largest absolute Gasteiger partial charge is 0.372 e. The minimum atomic E-state index is -3.41. The molecule has 3 fully saturated rings. The van der Waals surface area contributed by atoms with Gasteiger partial charge in [-0.2, -0.15) is 4.31 Å². The number of anilines is 1. The van der Waals surface area contributed by atoms with Gasteiger partial charge in [-0.15, -0.1) is 0 Å². The van der Waals surface area contributed by atoms with Gasteiger partial charge in [-0.3, -0.25) is 0 Å². The SMILES string of the molecule is CC1(C)CC2CC(C)(CN2S(=O)(=O)c2ccc(N3CCCC3)cc2)C1. The van der Waals surface area contributed by atoms with Crippen LogP contribution in [0.3, 0.4) is 0 Å². The Hall–Kier alpha value is -1.07. The highest BCUT2D eigenvalue weighted by Gasteiger charge is 2.53. The highest BCUT2D eigenvalue weighted by atomic mass is 32.2. The summed E-state index contributed by atoms with van der Waals surface area (Å²) in [5, 5.41) is 0. The second-order valence-corrected chi connectivity index (χ2v) is 11.3. The lowest BCUT2D eigenvalue weighted by molar-refractivity contribution is 0.133. The van der Waals surface area contributed by atoms with E-state index in [2.05, 4.69) is 25.7 Å². The van der Waals surface area contributed by atoms with E-state index >= 15 is 0 Å². The van der Waals surface area contributed by atoms with Gasteiger partial charge in [-0.1, -0.05) is 20.8 Å². The predicted molar refractivity (Wildman–Crippen MR) is 101 cm³/mol. The van der Waals surface area contributed by atoms with Gasteiger partial charge in [-0.05, 0) is 67.2 Å². The first-order valence-electron chi connectivity index (χ1n) is 9.56. The molecule has 2 saturated heterocycles. The number of rotatable bonds is 3. The van der Waals surface area contributed by atoms with Gasteiger partial charge in [0, 0.05) is 31.4 Å². The summed E-state index contributed by atoms with van der Waals surface area (Å²) in [5.41, 5.74) is 1.49. The average molecular weight is 363 g/mol. The van der Waals surface area contributed by atoms with Crippen molar-refractivity contribution in [3.8, 4) is 0 Å². The van der Waals surface area contributed by atoms with Crippen molar-refractivity contribution in [2.45, 2.75) is 63.8 Å². The lowest BCUT2D eigenvalue weighted by Gasteiger charge is -2.39. The molecule has 0 amide bonds. The number of hydrogen-bond acceptors (Lipinski definition) is 3. The number of hydrogen-bond donors (Lipinski definition) is 0. The molecule has 3 aliphatic rings. The summed E-state index contributed by atoms with van der Waals surface area (Å²) >= 11 is 0. The molecule has 0 aromatic heterocycles. The van der Waals surface area contributed by atoms with Crippen LogP contribution in [0.5, 0.6) is 0 Å². The molecule has 5 heteroatoms. The summed E-state index contributed by atoms with van der Waals surface area (Å²) < 4.78 is 28.3. The van der Waals surface area contributed by atoms with Crippen LogP contribution < -0.4 is 4.90 Å². The van der Waals surface area contributed by atoms with Crippen LogP contribution in [-0.2, 0) is 10.0 Å². The van der Waals surface area contributed by atoms with Crippen LogP contribution in [0.2, 0.25) is 0 Å². The molecule has 0 N–H and O–H groups in total. The normalized spacial score (nSPS) is 32.3. The third-order valence-corrected chi connectivity index (χ3v) is 8.19. The predicted octanol–water partition coefficient (Wildman–Crippen LogP) is 3.88. The zero-order chi connectivity index (χ0) is 17.9. The molecule has 2 heterocycles. The Kier molecular flexibility index (Phi) is 3.97. The maximum atomic E-state index is 13.3. The van der Waals surface area contributed by atoms with Crippen LogP contribution in [0.1, 0.15) is 52.9 Å². The van der Waals surface area contributed by atoms with E-state index in [9.17, 15) is 8.42 Å². The summed E-state index contributed by atoms with van der Waals surface area (Å²) in [5.74, 6) is 0. The molecule has 25 heavy (non-hydrogen) atoms. The summed E-state index contributed by atoms with van der Waals surface area (Å²) in [6.07, 6.45) is 5.53. The van der Waals surface area contributed by atoms with E-state index in [1.54, 1.807) is 16.4 Å². The minimum Gasteiger partial charge on any atom is -0.372 e. The molecule has 138 valence electrons. The molecule has 0 spiro atoms. The molecule has 1 saturated carbocycles. The molecule has 2 aliphatic heterocycles. The van der Waals surface area contributed by atoms with E-state index < -0.39 is 10.0 Å². The van der Waals surface area contributed by atoms with Crippen LogP contribution in [0, 0.1) is 10.8 Å². The van der Waals surface area contributed by atoms with Crippen LogP contribution in [0.15, 0.2) is 29.2 Å². The van der Waals surface area contributed by atoms with Gasteiger partial charge >= 0.3 is 0 Å². The standard InChI is InChI=1S/C20H30N2O2S/c1-19(2)12-17-13-20(3,14-19)15-22(17)25(23,24)18-8-6-16(7-9-18)21-10-4-5-11-21/h6-9,17H,4-5,10-15H2,1-3H3. The summed E-state index contributed by atoms with van der Waals surface area (Å²) in [6, 6.07) is 7.72. The Morgan fingerprint density at radius 1 is 1.00 bits per heavy atom. The van der Waals surface area contributed by atoms with Gasteiger partial charge in [0.15, 0.2) is 0 Å². The zero-order valence-electron chi connectivity index (χ0n) is 15.7. The Labute approximate surface area is 152 Å². The number of nitrogens with zero attached hydrogens (tertiary/aromatic N) is 2. The van der Waals surface area contributed by atoms with Crippen molar-refractivity contribution in [3.05, 3.63) is 24.3 Å². The molecule has 2 bridgehead atoms. The summed E-state index contributed by atoms with van der Waals surface area (Å²) in [4.78, 5) is 2.78. The maximum absolute atomic E-state index is 13.3. The second-order valence-electron chi connectivity index (χ2n) is 9.45. The van der Waals surface area contributed by atoms with Crippen molar-refractivity contribution in [2.24, 2.45) is 10.8 Å². The molecule has 1 aliphatic carbocycles. The number of sulfonamides is 1. The van der Waals surface area contributed by atoms with Gasteiger partial charge in [0.1, 0.15) is 0 Å². The minimum absolute atomic E-state index is 0.120. The van der Waals surface area contributed by atoms with Crippen molar-refractivity contribution in [1.82, 2.24) is 4.31 Å². The van der Waals surface area contributed by atoms with E-state index in [0.29, 0.717) is 11.4 Å². The summed E-state index contributed by atoms with van der Waals surface area (Å²) in [6.45, 7) is 9.63. The fourth-order valence-electron chi connectivity index (χ4n) is 5.63. The number of benzene rings is 1. The maximum Gasteiger partial charge on any atom is 0.243 e. The lowest BCUT2D eigenvalue weighted by Crippen LogP contribution is -2.37. The highest BCUT2D eigenvalue weighted by molar-refractivity contribution is 7.89. The van der Waals surface area contributed by atoms with Crippen LogP contribution >= 0.6 is 0 Å². The van der Waals surface area contributed by atoms with Crippen molar-refractivity contribution in [1.29, 1.82) is 0 Å².